The van der Waals surface area contributed by atoms with E-state index >= 15 is 0 Å². The number of benzene rings is 9. The average Bonchev–Trinajstić information content (AvgIpc) is 3.95. The Morgan fingerprint density at radius 3 is 1.38 bits per heavy atom. The fourth-order valence-electron chi connectivity index (χ4n) is 9.12. The van der Waals surface area contributed by atoms with Crippen molar-refractivity contribution in [1.29, 1.82) is 0 Å². The van der Waals surface area contributed by atoms with Crippen LogP contribution < -0.4 is 4.90 Å². The van der Waals surface area contributed by atoms with Crippen molar-refractivity contribution < 1.29 is 4.42 Å². The van der Waals surface area contributed by atoms with Crippen LogP contribution >= 0.6 is 0 Å². The Morgan fingerprint density at radius 1 is 0.328 bits per heavy atom. The predicted octanol–water partition coefficient (Wildman–Crippen LogP) is 14.9. The number of aromatic nitrogens is 2. The van der Waals surface area contributed by atoms with Gasteiger partial charge in [0.15, 0.2) is 0 Å². The number of hydrogen-bond donors (Lipinski definition) is 0. The van der Waals surface area contributed by atoms with Crippen molar-refractivity contribution in [1.82, 2.24) is 9.13 Å². The second-order valence-corrected chi connectivity index (χ2v) is 14.9. The summed E-state index contributed by atoms with van der Waals surface area (Å²) in [6.45, 7) is 0. The highest BCUT2D eigenvalue weighted by molar-refractivity contribution is 6.13. The number of para-hydroxylation sites is 6. The fourth-order valence-corrected chi connectivity index (χ4v) is 9.12. The molecule has 0 aliphatic rings. The Balaban J connectivity index is 1.09. The summed E-state index contributed by atoms with van der Waals surface area (Å²) >= 11 is 0. The molecule has 3 heterocycles. The van der Waals surface area contributed by atoms with Gasteiger partial charge in [0, 0.05) is 66.3 Å². The molecule has 0 bridgehead atoms. The number of rotatable bonds is 6. The first-order valence-corrected chi connectivity index (χ1v) is 19.8. The van der Waals surface area contributed by atoms with Gasteiger partial charge in [0.05, 0.1) is 22.1 Å². The molecule has 0 aliphatic heterocycles. The summed E-state index contributed by atoms with van der Waals surface area (Å²) < 4.78 is 11.2. The Hall–Kier alpha value is -7.82. The summed E-state index contributed by atoms with van der Waals surface area (Å²) in [6, 6.07) is 76.2. The molecule has 58 heavy (non-hydrogen) atoms. The molecule has 0 atom stereocenters. The first-order chi connectivity index (χ1) is 28.8. The highest BCUT2D eigenvalue weighted by Gasteiger charge is 2.21. The molecule has 9 aromatic carbocycles. The molecule has 0 saturated heterocycles. The normalized spacial score (nSPS) is 11.8. The van der Waals surface area contributed by atoms with Gasteiger partial charge in [-0.3, -0.25) is 0 Å². The van der Waals surface area contributed by atoms with E-state index in [1.54, 1.807) is 0 Å². The Kier molecular flexibility index (Phi) is 7.20. The van der Waals surface area contributed by atoms with E-state index in [4.69, 9.17) is 4.42 Å². The van der Waals surface area contributed by atoms with Crippen LogP contribution in [0.25, 0.3) is 88.1 Å². The third-order valence-electron chi connectivity index (χ3n) is 11.7. The number of anilines is 3. The van der Waals surface area contributed by atoms with Crippen LogP contribution in [0.15, 0.2) is 217 Å². The van der Waals surface area contributed by atoms with Crippen molar-refractivity contribution in [2.75, 3.05) is 4.90 Å². The molecule has 0 fully saturated rings. The molecule has 272 valence electrons. The SMILES string of the molecule is c1ccc(-n2c3ccccc3c3ccc(N(c4ccc(-c5cccc6c5oc5ccccc56)cc4)c4ccc5c6ccccc6n(-c6ccccc6)c5c4)cc32)cc1. The summed E-state index contributed by atoms with van der Waals surface area (Å²) in [5.74, 6) is 0. The average molecular weight is 742 g/mol. The predicted molar refractivity (Wildman–Crippen MR) is 243 cm³/mol. The lowest BCUT2D eigenvalue weighted by molar-refractivity contribution is 0.670. The van der Waals surface area contributed by atoms with Gasteiger partial charge < -0.3 is 18.5 Å². The van der Waals surface area contributed by atoms with Crippen molar-refractivity contribution in [3.05, 3.63) is 212 Å². The van der Waals surface area contributed by atoms with E-state index in [2.05, 4.69) is 214 Å². The minimum atomic E-state index is 0.902. The van der Waals surface area contributed by atoms with Crippen LogP contribution in [0.3, 0.4) is 0 Å². The van der Waals surface area contributed by atoms with E-state index in [0.29, 0.717) is 0 Å². The van der Waals surface area contributed by atoms with E-state index < -0.39 is 0 Å². The lowest BCUT2D eigenvalue weighted by atomic mass is 10.0. The Labute approximate surface area is 334 Å². The van der Waals surface area contributed by atoms with Gasteiger partial charge in [-0.15, -0.1) is 0 Å². The Morgan fingerprint density at radius 2 is 0.793 bits per heavy atom. The van der Waals surface area contributed by atoms with Gasteiger partial charge in [-0.25, -0.2) is 0 Å². The fraction of sp³-hybridized carbons (Fsp3) is 0. The van der Waals surface area contributed by atoms with Crippen LogP contribution in [0.5, 0.6) is 0 Å². The maximum atomic E-state index is 6.47. The third kappa shape index (κ3) is 4.95. The summed E-state index contributed by atoms with van der Waals surface area (Å²) in [6.07, 6.45) is 0. The Bertz CT molecular complexity index is 3340. The van der Waals surface area contributed by atoms with Crippen molar-refractivity contribution in [2.45, 2.75) is 0 Å². The molecule has 0 radical (unpaired) electrons. The lowest BCUT2D eigenvalue weighted by Gasteiger charge is -2.26. The highest BCUT2D eigenvalue weighted by Crippen LogP contribution is 2.43. The smallest absolute Gasteiger partial charge is 0.143 e. The molecule has 0 spiro atoms. The molecule has 0 saturated carbocycles. The summed E-state index contributed by atoms with van der Waals surface area (Å²) in [5.41, 5.74) is 14.1. The van der Waals surface area contributed by atoms with E-state index in [0.717, 1.165) is 72.5 Å². The van der Waals surface area contributed by atoms with Crippen molar-refractivity contribution in [3.63, 3.8) is 0 Å². The quantitative estimate of drug-likeness (QED) is 0.170. The number of furan rings is 1. The maximum Gasteiger partial charge on any atom is 0.143 e. The second kappa shape index (κ2) is 12.9. The minimum absolute atomic E-state index is 0.902. The standard InChI is InChI=1S/C54H35N3O/c1-3-14-37(15-4-1)56-49-23-10-7-18-43(49)45-32-30-40(34-51(45)56)55(39-28-26-36(27-29-39)42-21-13-22-48-47-20-9-12-25-53(47)58-54(42)48)41-31-33-46-44-19-8-11-24-50(44)57(52(46)35-41)38-16-5-2-6-17-38/h1-35H. The molecule has 0 aliphatic carbocycles. The van der Waals surface area contributed by atoms with E-state index in [1.165, 1.54) is 32.6 Å². The van der Waals surface area contributed by atoms with Gasteiger partial charge >= 0.3 is 0 Å². The first-order valence-electron chi connectivity index (χ1n) is 19.8. The van der Waals surface area contributed by atoms with Crippen LogP contribution in [0.4, 0.5) is 17.1 Å². The van der Waals surface area contributed by atoms with Crippen molar-refractivity contribution >= 4 is 82.6 Å². The number of nitrogens with zero attached hydrogens (tertiary/aromatic N) is 3. The van der Waals surface area contributed by atoms with Crippen LogP contribution in [-0.4, -0.2) is 9.13 Å². The molecule has 0 amide bonds. The largest absolute Gasteiger partial charge is 0.455 e. The molecule has 3 aromatic heterocycles. The second-order valence-electron chi connectivity index (χ2n) is 14.9. The molecule has 12 rings (SSSR count). The monoisotopic (exact) mass is 741 g/mol. The van der Waals surface area contributed by atoms with E-state index in [-0.39, 0.29) is 0 Å². The zero-order valence-electron chi connectivity index (χ0n) is 31.5. The summed E-state index contributed by atoms with van der Waals surface area (Å²) in [4.78, 5) is 2.39. The molecule has 4 nitrogen and oxygen atoms in total. The first kappa shape index (κ1) is 32.4. The van der Waals surface area contributed by atoms with Gasteiger partial charge in [0.1, 0.15) is 11.2 Å². The molecular weight excluding hydrogens is 707 g/mol. The van der Waals surface area contributed by atoms with E-state index in [9.17, 15) is 0 Å². The molecular formula is C54H35N3O. The lowest BCUT2D eigenvalue weighted by Crippen LogP contribution is -2.10. The molecule has 4 heteroatoms. The molecule has 0 N–H and O–H groups in total. The molecule has 12 aromatic rings. The maximum absolute atomic E-state index is 6.47. The van der Waals surface area contributed by atoms with Gasteiger partial charge in [0.2, 0.25) is 0 Å². The van der Waals surface area contributed by atoms with Crippen LogP contribution in [0.2, 0.25) is 0 Å². The number of fused-ring (bicyclic) bond motifs is 9. The van der Waals surface area contributed by atoms with Crippen molar-refractivity contribution in [3.8, 4) is 22.5 Å². The van der Waals surface area contributed by atoms with Gasteiger partial charge in [0.25, 0.3) is 0 Å². The van der Waals surface area contributed by atoms with Gasteiger partial charge in [-0.05, 0) is 84.4 Å². The zero-order valence-corrected chi connectivity index (χ0v) is 31.5. The zero-order chi connectivity index (χ0) is 38.2. The third-order valence-corrected chi connectivity index (χ3v) is 11.7. The number of hydrogen-bond acceptors (Lipinski definition) is 2. The van der Waals surface area contributed by atoms with Gasteiger partial charge in [-0.1, -0.05) is 133 Å². The van der Waals surface area contributed by atoms with Crippen LogP contribution in [0, 0.1) is 0 Å². The summed E-state index contributed by atoms with van der Waals surface area (Å²) in [7, 11) is 0. The highest BCUT2D eigenvalue weighted by atomic mass is 16.3. The van der Waals surface area contributed by atoms with Crippen molar-refractivity contribution in [2.24, 2.45) is 0 Å². The minimum Gasteiger partial charge on any atom is -0.455 e. The van der Waals surface area contributed by atoms with Gasteiger partial charge in [-0.2, -0.15) is 0 Å². The van der Waals surface area contributed by atoms with Crippen LogP contribution in [0.1, 0.15) is 0 Å². The van der Waals surface area contributed by atoms with Crippen LogP contribution in [-0.2, 0) is 0 Å². The topological polar surface area (TPSA) is 26.2 Å². The molecule has 0 unspecified atom stereocenters. The van der Waals surface area contributed by atoms with E-state index in [1.807, 2.05) is 12.1 Å². The summed E-state index contributed by atoms with van der Waals surface area (Å²) in [5, 5.41) is 7.17.